The van der Waals surface area contributed by atoms with Gasteiger partial charge in [0, 0.05) is 6.54 Å². The van der Waals surface area contributed by atoms with Crippen molar-refractivity contribution in [2.75, 3.05) is 13.7 Å². The van der Waals surface area contributed by atoms with Crippen LogP contribution in [0, 0.1) is 6.92 Å². The fourth-order valence-electron chi connectivity index (χ4n) is 1.49. The van der Waals surface area contributed by atoms with Crippen LogP contribution >= 0.6 is 0 Å². The molecule has 0 bridgehead atoms. The fraction of sp³-hybridized carbons (Fsp3) is 0.385. The number of carbonyl (C=O) groups is 2. The van der Waals surface area contributed by atoms with E-state index in [2.05, 4.69) is 10.1 Å². The molecule has 1 amide bonds. The molecule has 0 aliphatic carbocycles. The maximum absolute atomic E-state index is 11.3. The van der Waals surface area contributed by atoms with Crippen molar-refractivity contribution in [1.82, 2.24) is 5.32 Å². The van der Waals surface area contributed by atoms with Crippen LogP contribution in [0.1, 0.15) is 17.5 Å². The lowest BCUT2D eigenvalue weighted by atomic mass is 10.1. The summed E-state index contributed by atoms with van der Waals surface area (Å²) in [6.07, 6.45) is 0.545. The highest BCUT2D eigenvalue weighted by atomic mass is 16.5. The second-order valence-electron chi connectivity index (χ2n) is 3.78. The van der Waals surface area contributed by atoms with Gasteiger partial charge < -0.3 is 10.1 Å². The Morgan fingerprint density at radius 3 is 2.65 bits per heavy atom. The van der Waals surface area contributed by atoms with Crippen molar-refractivity contribution in [3.63, 3.8) is 0 Å². The van der Waals surface area contributed by atoms with E-state index in [1.165, 1.54) is 18.2 Å². The third-order valence-electron chi connectivity index (χ3n) is 2.51. The number of benzene rings is 1. The monoisotopic (exact) mass is 235 g/mol. The molecule has 0 saturated heterocycles. The summed E-state index contributed by atoms with van der Waals surface area (Å²) in [5.41, 5.74) is 2.40. The molecule has 1 aromatic rings. The third kappa shape index (κ3) is 4.68. The van der Waals surface area contributed by atoms with Gasteiger partial charge in [0.2, 0.25) is 5.91 Å². The lowest BCUT2D eigenvalue weighted by Gasteiger charge is -2.06. The first-order valence-corrected chi connectivity index (χ1v) is 5.51. The number of amides is 1. The molecule has 1 aromatic carbocycles. The second-order valence-corrected chi connectivity index (χ2v) is 3.78. The van der Waals surface area contributed by atoms with Gasteiger partial charge in [-0.3, -0.25) is 9.59 Å². The highest BCUT2D eigenvalue weighted by Crippen LogP contribution is 2.06. The molecule has 0 spiro atoms. The van der Waals surface area contributed by atoms with Gasteiger partial charge in [0.15, 0.2) is 0 Å². The number of rotatable bonds is 5. The average Bonchev–Trinajstić information content (AvgIpc) is 2.31. The van der Waals surface area contributed by atoms with Crippen molar-refractivity contribution < 1.29 is 14.3 Å². The highest BCUT2D eigenvalue weighted by molar-refractivity contribution is 5.94. The predicted octanol–water partition coefficient (Wildman–Crippen LogP) is 1.22. The zero-order valence-electron chi connectivity index (χ0n) is 10.2. The molecule has 1 rings (SSSR count). The molecule has 0 aliphatic rings. The Hall–Kier alpha value is -1.84. The average molecular weight is 235 g/mol. The van der Waals surface area contributed by atoms with Crippen LogP contribution in [-0.2, 0) is 20.7 Å². The van der Waals surface area contributed by atoms with Crippen LogP contribution in [0.25, 0.3) is 0 Å². The summed E-state index contributed by atoms with van der Waals surface area (Å²) in [4.78, 5) is 22.1. The zero-order chi connectivity index (χ0) is 12.7. The molecule has 0 aliphatic heterocycles. The van der Waals surface area contributed by atoms with Crippen molar-refractivity contribution in [2.24, 2.45) is 0 Å². The van der Waals surface area contributed by atoms with Gasteiger partial charge in [0.1, 0.15) is 6.42 Å². The topological polar surface area (TPSA) is 55.4 Å². The van der Waals surface area contributed by atoms with Crippen LogP contribution in [0.5, 0.6) is 0 Å². The summed E-state index contributed by atoms with van der Waals surface area (Å²) in [7, 11) is 1.27. The van der Waals surface area contributed by atoms with Gasteiger partial charge in [-0.25, -0.2) is 0 Å². The number of aryl methyl sites for hydroxylation is 1. The number of nitrogens with one attached hydrogen (secondary N) is 1. The largest absolute Gasteiger partial charge is 0.469 e. The molecule has 4 nitrogen and oxygen atoms in total. The van der Waals surface area contributed by atoms with E-state index in [0.717, 1.165) is 6.42 Å². The van der Waals surface area contributed by atoms with E-state index in [1.807, 2.05) is 31.2 Å². The summed E-state index contributed by atoms with van der Waals surface area (Å²) < 4.78 is 4.40. The number of ether oxygens (including phenoxy) is 1. The van der Waals surface area contributed by atoms with Crippen LogP contribution in [0.4, 0.5) is 0 Å². The van der Waals surface area contributed by atoms with E-state index in [4.69, 9.17) is 0 Å². The third-order valence-corrected chi connectivity index (χ3v) is 2.51. The standard InChI is InChI=1S/C13H17NO3/c1-10-5-3-4-6-11(10)7-8-14-12(15)9-13(16)17-2/h3-6H,7-9H2,1-2H3,(H,14,15). The van der Waals surface area contributed by atoms with Crippen LogP contribution in [0.3, 0.4) is 0 Å². The van der Waals surface area contributed by atoms with Crippen LogP contribution < -0.4 is 5.32 Å². The molecule has 17 heavy (non-hydrogen) atoms. The molecule has 92 valence electrons. The van der Waals surface area contributed by atoms with Crippen LogP contribution in [0.2, 0.25) is 0 Å². The Labute approximate surface area is 101 Å². The van der Waals surface area contributed by atoms with E-state index in [-0.39, 0.29) is 12.3 Å². The molecular formula is C13H17NO3. The molecule has 0 radical (unpaired) electrons. The Bertz CT molecular complexity index is 401. The maximum atomic E-state index is 11.3. The van der Waals surface area contributed by atoms with Crippen molar-refractivity contribution in [3.8, 4) is 0 Å². The summed E-state index contributed by atoms with van der Waals surface area (Å²) in [5, 5.41) is 2.68. The smallest absolute Gasteiger partial charge is 0.315 e. The van der Waals surface area contributed by atoms with E-state index in [0.29, 0.717) is 6.54 Å². The predicted molar refractivity (Wildman–Crippen MR) is 64.5 cm³/mol. The van der Waals surface area contributed by atoms with Gasteiger partial charge in [-0.2, -0.15) is 0 Å². The van der Waals surface area contributed by atoms with Crippen molar-refractivity contribution in [3.05, 3.63) is 35.4 Å². The molecule has 0 fully saturated rings. The van der Waals surface area contributed by atoms with Gasteiger partial charge in [0.05, 0.1) is 7.11 Å². The van der Waals surface area contributed by atoms with Crippen molar-refractivity contribution in [1.29, 1.82) is 0 Å². The van der Waals surface area contributed by atoms with E-state index >= 15 is 0 Å². The minimum Gasteiger partial charge on any atom is -0.469 e. The van der Waals surface area contributed by atoms with Gasteiger partial charge >= 0.3 is 5.97 Å². The molecule has 0 unspecified atom stereocenters. The Morgan fingerprint density at radius 1 is 1.29 bits per heavy atom. The Morgan fingerprint density at radius 2 is 2.00 bits per heavy atom. The number of esters is 1. The maximum Gasteiger partial charge on any atom is 0.315 e. The van der Waals surface area contributed by atoms with E-state index < -0.39 is 5.97 Å². The molecule has 1 N–H and O–H groups in total. The van der Waals surface area contributed by atoms with E-state index in [1.54, 1.807) is 0 Å². The van der Waals surface area contributed by atoms with Crippen LogP contribution in [0.15, 0.2) is 24.3 Å². The second kappa shape index (κ2) is 6.68. The van der Waals surface area contributed by atoms with Gasteiger partial charge in [-0.15, -0.1) is 0 Å². The summed E-state index contributed by atoms with van der Waals surface area (Å²) in [6, 6.07) is 8.01. The first-order chi connectivity index (χ1) is 8.13. The molecule has 4 heteroatoms. The minimum absolute atomic E-state index is 0.218. The molecule has 0 heterocycles. The lowest BCUT2D eigenvalue weighted by Crippen LogP contribution is -2.28. The normalized spacial score (nSPS) is 9.76. The Balaban J connectivity index is 2.31. The van der Waals surface area contributed by atoms with Gasteiger partial charge in [0.25, 0.3) is 0 Å². The summed E-state index contributed by atoms with van der Waals surface area (Å²) >= 11 is 0. The Kier molecular flexibility index (Phi) is 5.20. The summed E-state index contributed by atoms with van der Waals surface area (Å²) in [5.74, 6) is -0.816. The SMILES string of the molecule is COC(=O)CC(=O)NCCc1ccccc1C. The molecule has 0 atom stereocenters. The molecule has 0 saturated carbocycles. The fourth-order valence-corrected chi connectivity index (χ4v) is 1.49. The number of methoxy groups -OCH3 is 1. The van der Waals surface area contributed by atoms with Gasteiger partial charge in [-0.1, -0.05) is 24.3 Å². The first-order valence-electron chi connectivity index (χ1n) is 5.51. The quantitative estimate of drug-likeness (QED) is 0.616. The number of hydrogen-bond acceptors (Lipinski definition) is 3. The highest BCUT2D eigenvalue weighted by Gasteiger charge is 2.08. The van der Waals surface area contributed by atoms with Crippen molar-refractivity contribution in [2.45, 2.75) is 19.8 Å². The van der Waals surface area contributed by atoms with E-state index in [9.17, 15) is 9.59 Å². The number of carbonyl (C=O) groups excluding carboxylic acids is 2. The molecule has 0 aromatic heterocycles. The number of hydrogen-bond donors (Lipinski definition) is 1. The lowest BCUT2D eigenvalue weighted by molar-refractivity contribution is -0.143. The zero-order valence-corrected chi connectivity index (χ0v) is 10.2. The molecular weight excluding hydrogens is 218 g/mol. The van der Waals surface area contributed by atoms with Gasteiger partial charge in [-0.05, 0) is 24.5 Å². The summed E-state index contributed by atoms with van der Waals surface area (Å²) in [6.45, 7) is 2.56. The van der Waals surface area contributed by atoms with Crippen molar-refractivity contribution >= 4 is 11.9 Å². The van der Waals surface area contributed by atoms with Crippen LogP contribution in [-0.4, -0.2) is 25.5 Å². The first kappa shape index (κ1) is 13.2. The minimum atomic E-state index is -0.515.